The maximum atomic E-state index is 12.5. The van der Waals surface area contributed by atoms with Gasteiger partial charge < -0.3 is 14.4 Å². The van der Waals surface area contributed by atoms with Crippen molar-refractivity contribution in [3.63, 3.8) is 0 Å². The Morgan fingerprint density at radius 3 is 2.62 bits per heavy atom. The number of fused-ring (bicyclic) bond motifs is 1. The van der Waals surface area contributed by atoms with Crippen LogP contribution in [0.15, 0.2) is 34.5 Å². The van der Waals surface area contributed by atoms with Gasteiger partial charge in [-0.15, -0.1) is 11.3 Å². The summed E-state index contributed by atoms with van der Waals surface area (Å²) < 4.78 is 37.0. The topological polar surface area (TPSA) is 76.2 Å². The van der Waals surface area contributed by atoms with E-state index in [9.17, 15) is 13.2 Å². The van der Waals surface area contributed by atoms with E-state index in [-0.39, 0.29) is 23.5 Å². The number of hydrogen-bond acceptors (Lipinski definition) is 6. The van der Waals surface area contributed by atoms with E-state index >= 15 is 0 Å². The van der Waals surface area contributed by atoms with E-state index in [1.807, 2.05) is 6.07 Å². The van der Waals surface area contributed by atoms with Crippen LogP contribution in [0.5, 0.6) is 11.5 Å². The lowest BCUT2D eigenvalue weighted by Crippen LogP contribution is -2.38. The molecule has 1 aliphatic rings. The quantitative estimate of drug-likeness (QED) is 0.722. The smallest absolute Gasteiger partial charge is 0.252 e. The highest BCUT2D eigenvalue weighted by molar-refractivity contribution is 7.91. The van der Waals surface area contributed by atoms with Crippen LogP contribution in [0, 0.1) is 0 Å². The predicted octanol–water partition coefficient (Wildman–Crippen LogP) is 2.41. The van der Waals surface area contributed by atoms with E-state index in [4.69, 9.17) is 21.1 Å². The van der Waals surface area contributed by atoms with Gasteiger partial charge in [0.1, 0.15) is 4.21 Å². The van der Waals surface area contributed by atoms with Crippen LogP contribution in [0.25, 0.3) is 0 Å². The first-order valence-electron chi connectivity index (χ1n) is 7.61. The number of thiophene rings is 1. The minimum absolute atomic E-state index is 0.108. The molecule has 0 bridgehead atoms. The zero-order chi connectivity index (χ0) is 18.9. The molecule has 0 aliphatic carbocycles. The van der Waals surface area contributed by atoms with Crippen LogP contribution in [0.4, 0.5) is 0 Å². The number of sulfonamides is 1. The summed E-state index contributed by atoms with van der Waals surface area (Å²) in [5.74, 6) is 0.983. The maximum absolute atomic E-state index is 12.5. The number of rotatable bonds is 6. The van der Waals surface area contributed by atoms with E-state index in [1.54, 1.807) is 19.2 Å². The van der Waals surface area contributed by atoms with Crippen molar-refractivity contribution in [2.24, 2.45) is 0 Å². The Morgan fingerprint density at radius 1 is 1.19 bits per heavy atom. The number of nitrogens with zero attached hydrogens (tertiary/aromatic N) is 2. The standard InChI is InChI=1S/C16H17ClN2O5S2/c1-18(8-11-3-4-12-13(7-11)24-10-23-12)15(20)9-19(2)26(21,22)16-6-5-14(17)25-16/h3-7H,8-10H2,1-2H3. The number of ether oxygens (including phenoxy) is 2. The van der Waals surface area contributed by atoms with E-state index in [2.05, 4.69) is 0 Å². The molecule has 0 unspecified atom stereocenters. The average Bonchev–Trinajstić information content (AvgIpc) is 3.23. The molecule has 0 radical (unpaired) electrons. The molecule has 0 saturated heterocycles. The summed E-state index contributed by atoms with van der Waals surface area (Å²) in [7, 11) is -0.754. The zero-order valence-corrected chi connectivity index (χ0v) is 16.5. The summed E-state index contributed by atoms with van der Waals surface area (Å²) in [6, 6.07) is 8.37. The van der Waals surface area contributed by atoms with Gasteiger partial charge in [0.05, 0.1) is 10.9 Å². The molecule has 7 nitrogen and oxygen atoms in total. The van der Waals surface area contributed by atoms with E-state index in [0.29, 0.717) is 22.4 Å². The van der Waals surface area contributed by atoms with Crippen LogP contribution in [-0.2, 0) is 21.4 Å². The van der Waals surface area contributed by atoms with Gasteiger partial charge in [0, 0.05) is 20.6 Å². The molecule has 1 aromatic carbocycles. The average molecular weight is 417 g/mol. The molecule has 0 spiro atoms. The van der Waals surface area contributed by atoms with Crippen molar-refractivity contribution in [1.82, 2.24) is 9.21 Å². The largest absolute Gasteiger partial charge is 0.454 e. The van der Waals surface area contributed by atoms with Gasteiger partial charge in [0.25, 0.3) is 10.0 Å². The van der Waals surface area contributed by atoms with Crippen molar-refractivity contribution in [3.05, 3.63) is 40.2 Å². The highest BCUT2D eigenvalue weighted by atomic mass is 35.5. The lowest BCUT2D eigenvalue weighted by molar-refractivity contribution is -0.130. The van der Waals surface area contributed by atoms with Gasteiger partial charge >= 0.3 is 0 Å². The Labute approximate surface area is 160 Å². The lowest BCUT2D eigenvalue weighted by Gasteiger charge is -2.21. The van der Waals surface area contributed by atoms with Gasteiger partial charge in [0.2, 0.25) is 12.7 Å². The Hall–Kier alpha value is -1.81. The number of halogens is 1. The van der Waals surface area contributed by atoms with E-state index < -0.39 is 10.0 Å². The summed E-state index contributed by atoms with van der Waals surface area (Å²) in [5, 5.41) is 0. The molecular weight excluding hydrogens is 400 g/mol. The lowest BCUT2D eigenvalue weighted by atomic mass is 10.2. The number of carbonyl (C=O) groups excluding carboxylic acids is 1. The minimum atomic E-state index is -3.74. The van der Waals surface area contributed by atoms with E-state index in [1.165, 1.54) is 24.1 Å². The molecule has 0 saturated carbocycles. The molecule has 1 amide bonds. The third-order valence-electron chi connectivity index (χ3n) is 3.85. The normalized spacial score (nSPS) is 13.2. The van der Waals surface area contributed by atoms with Crippen LogP contribution in [0.1, 0.15) is 5.56 Å². The van der Waals surface area contributed by atoms with Crippen LogP contribution in [0.3, 0.4) is 0 Å². The highest BCUT2D eigenvalue weighted by Crippen LogP contribution is 2.32. The predicted molar refractivity (Wildman–Crippen MR) is 98.2 cm³/mol. The van der Waals surface area contributed by atoms with Gasteiger partial charge in [-0.3, -0.25) is 4.79 Å². The molecule has 10 heteroatoms. The van der Waals surface area contributed by atoms with Crippen molar-refractivity contribution in [3.8, 4) is 11.5 Å². The van der Waals surface area contributed by atoms with Gasteiger partial charge in [-0.1, -0.05) is 17.7 Å². The number of likely N-dealkylation sites (N-methyl/N-ethyl adjacent to an activating group) is 2. The van der Waals surface area contributed by atoms with Crippen LogP contribution >= 0.6 is 22.9 Å². The molecule has 26 heavy (non-hydrogen) atoms. The second-order valence-corrected chi connectivity index (χ2v) is 9.74. The first-order valence-corrected chi connectivity index (χ1v) is 10.2. The number of carbonyl (C=O) groups is 1. The van der Waals surface area contributed by atoms with Gasteiger partial charge in [-0.25, -0.2) is 8.42 Å². The molecule has 0 atom stereocenters. The zero-order valence-electron chi connectivity index (χ0n) is 14.1. The SMILES string of the molecule is CN(Cc1ccc2c(c1)OCO2)C(=O)CN(C)S(=O)(=O)c1ccc(Cl)s1. The number of amides is 1. The summed E-state index contributed by atoms with van der Waals surface area (Å²) in [4.78, 5) is 13.9. The Bertz CT molecular complexity index is 928. The fourth-order valence-corrected chi connectivity index (χ4v) is 5.20. The summed E-state index contributed by atoms with van der Waals surface area (Å²) >= 11 is 6.76. The number of hydrogen-bond donors (Lipinski definition) is 0. The van der Waals surface area contributed by atoms with Crippen molar-refractivity contribution in [1.29, 1.82) is 0 Å². The molecule has 1 aliphatic heterocycles. The van der Waals surface area contributed by atoms with Crippen molar-refractivity contribution < 1.29 is 22.7 Å². The maximum Gasteiger partial charge on any atom is 0.252 e. The fourth-order valence-electron chi connectivity index (χ4n) is 2.39. The Balaban J connectivity index is 1.63. The molecule has 1 aromatic heterocycles. The van der Waals surface area contributed by atoms with Gasteiger partial charge in [-0.2, -0.15) is 4.31 Å². The van der Waals surface area contributed by atoms with Gasteiger partial charge in [-0.05, 0) is 29.8 Å². The summed E-state index contributed by atoms with van der Waals surface area (Å²) in [6.45, 7) is 0.246. The third-order valence-corrected chi connectivity index (χ3v) is 7.36. The van der Waals surface area contributed by atoms with Gasteiger partial charge in [0.15, 0.2) is 11.5 Å². The molecule has 2 heterocycles. The van der Waals surface area contributed by atoms with Crippen molar-refractivity contribution in [2.75, 3.05) is 27.4 Å². The van der Waals surface area contributed by atoms with Crippen LogP contribution < -0.4 is 9.47 Å². The molecular formula is C16H17ClN2O5S2. The fraction of sp³-hybridized carbons (Fsp3) is 0.312. The molecule has 0 N–H and O–H groups in total. The molecule has 3 rings (SSSR count). The van der Waals surface area contributed by atoms with Crippen LogP contribution in [0.2, 0.25) is 4.34 Å². The van der Waals surface area contributed by atoms with E-state index in [0.717, 1.165) is 21.2 Å². The second kappa shape index (κ2) is 7.43. The first kappa shape index (κ1) is 19.0. The Morgan fingerprint density at radius 2 is 1.92 bits per heavy atom. The second-order valence-electron chi connectivity index (χ2n) is 5.76. The van der Waals surface area contributed by atoms with Crippen LogP contribution in [-0.4, -0.2) is 51.0 Å². The molecule has 140 valence electrons. The summed E-state index contributed by atoms with van der Waals surface area (Å²) in [5.41, 5.74) is 0.862. The molecule has 2 aromatic rings. The summed E-state index contributed by atoms with van der Waals surface area (Å²) in [6.07, 6.45) is 0. The first-order chi connectivity index (χ1) is 12.3. The Kier molecular flexibility index (Phi) is 5.42. The monoisotopic (exact) mass is 416 g/mol. The highest BCUT2D eigenvalue weighted by Gasteiger charge is 2.26. The minimum Gasteiger partial charge on any atom is -0.454 e. The van der Waals surface area contributed by atoms with Crippen molar-refractivity contribution >= 4 is 38.9 Å². The molecule has 0 fully saturated rings. The third kappa shape index (κ3) is 3.96. The van der Waals surface area contributed by atoms with Crippen molar-refractivity contribution in [2.45, 2.75) is 10.8 Å². The number of benzene rings is 1.